The van der Waals surface area contributed by atoms with Gasteiger partial charge >= 0.3 is 0 Å². The molecule has 2 heterocycles. The number of rotatable bonds is 1. The summed E-state index contributed by atoms with van der Waals surface area (Å²) >= 11 is 0. The van der Waals surface area contributed by atoms with Gasteiger partial charge in [0.05, 0.1) is 6.10 Å². The van der Waals surface area contributed by atoms with Crippen LogP contribution in [0.5, 0.6) is 0 Å². The molecule has 2 rings (SSSR count). The molecular formula is C14H20N2O3. The Morgan fingerprint density at radius 1 is 1.47 bits per heavy atom. The molecule has 1 aromatic heterocycles. The fraction of sp³-hybridized carbons (Fsp3) is 0.571. The van der Waals surface area contributed by atoms with Gasteiger partial charge in [-0.1, -0.05) is 6.92 Å². The Morgan fingerprint density at radius 2 is 2.16 bits per heavy atom. The first kappa shape index (κ1) is 13.8. The van der Waals surface area contributed by atoms with Gasteiger partial charge in [0.1, 0.15) is 5.56 Å². The number of aromatic nitrogens is 1. The van der Waals surface area contributed by atoms with E-state index in [1.165, 1.54) is 0 Å². The Balaban J connectivity index is 2.28. The number of β-amino-alcohol motifs (C(OH)–C–C–N with tert-alkyl or cyclic N) is 1. The Morgan fingerprint density at radius 3 is 2.74 bits per heavy atom. The van der Waals surface area contributed by atoms with Crippen LogP contribution in [0.3, 0.4) is 0 Å². The SMILES string of the molecule is Cc1cc(C)c(C(=O)N2CCC(C)C(O)C2)c(=O)[nH]1. The first-order valence-corrected chi connectivity index (χ1v) is 6.58. The van der Waals surface area contributed by atoms with E-state index >= 15 is 0 Å². The predicted octanol–water partition coefficient (Wildman–Crippen LogP) is 0.835. The molecule has 2 unspecified atom stereocenters. The van der Waals surface area contributed by atoms with Gasteiger partial charge in [-0.2, -0.15) is 0 Å². The number of carbonyl (C=O) groups excluding carboxylic acids is 1. The third-order valence-corrected chi connectivity index (χ3v) is 3.78. The number of pyridine rings is 1. The van der Waals surface area contributed by atoms with E-state index in [0.29, 0.717) is 18.7 Å². The zero-order valence-electron chi connectivity index (χ0n) is 11.6. The number of aliphatic hydroxyl groups is 1. The minimum Gasteiger partial charge on any atom is -0.391 e. The van der Waals surface area contributed by atoms with Crippen LogP contribution in [-0.4, -0.2) is 40.1 Å². The van der Waals surface area contributed by atoms with Gasteiger partial charge in [0.25, 0.3) is 11.5 Å². The van der Waals surface area contributed by atoms with Crippen LogP contribution in [0, 0.1) is 19.8 Å². The number of hydrogen-bond acceptors (Lipinski definition) is 3. The van der Waals surface area contributed by atoms with Crippen LogP contribution in [0.2, 0.25) is 0 Å². The van der Waals surface area contributed by atoms with Crippen molar-refractivity contribution in [2.24, 2.45) is 5.92 Å². The molecule has 0 bridgehead atoms. The first-order valence-electron chi connectivity index (χ1n) is 6.58. The molecule has 0 aromatic carbocycles. The highest BCUT2D eigenvalue weighted by atomic mass is 16.3. The zero-order chi connectivity index (χ0) is 14.2. The van der Waals surface area contributed by atoms with E-state index in [9.17, 15) is 14.7 Å². The summed E-state index contributed by atoms with van der Waals surface area (Å²) in [5, 5.41) is 9.85. The van der Waals surface area contributed by atoms with Crippen molar-refractivity contribution in [1.29, 1.82) is 0 Å². The maximum Gasteiger partial charge on any atom is 0.261 e. The van der Waals surface area contributed by atoms with Gasteiger partial charge in [0.15, 0.2) is 0 Å². The molecule has 104 valence electrons. The summed E-state index contributed by atoms with van der Waals surface area (Å²) < 4.78 is 0. The lowest BCUT2D eigenvalue weighted by Gasteiger charge is -2.34. The molecule has 5 heteroatoms. The summed E-state index contributed by atoms with van der Waals surface area (Å²) in [7, 11) is 0. The average molecular weight is 264 g/mol. The van der Waals surface area contributed by atoms with Crippen molar-refractivity contribution in [3.05, 3.63) is 33.2 Å². The Labute approximate surface area is 112 Å². The summed E-state index contributed by atoms with van der Waals surface area (Å²) in [6.45, 7) is 6.40. The number of aromatic amines is 1. The molecule has 1 aromatic rings. The van der Waals surface area contributed by atoms with Crippen molar-refractivity contribution in [3.63, 3.8) is 0 Å². The molecule has 1 aliphatic heterocycles. The lowest BCUT2D eigenvalue weighted by atomic mass is 9.95. The van der Waals surface area contributed by atoms with Gasteiger partial charge in [-0.25, -0.2) is 0 Å². The molecular weight excluding hydrogens is 244 g/mol. The van der Waals surface area contributed by atoms with Crippen molar-refractivity contribution >= 4 is 5.91 Å². The largest absolute Gasteiger partial charge is 0.391 e. The maximum atomic E-state index is 12.4. The van der Waals surface area contributed by atoms with Gasteiger partial charge in [0.2, 0.25) is 0 Å². The highest BCUT2D eigenvalue weighted by molar-refractivity contribution is 5.95. The van der Waals surface area contributed by atoms with E-state index in [0.717, 1.165) is 12.1 Å². The first-order chi connectivity index (χ1) is 8.90. The number of nitrogens with one attached hydrogen (secondary N) is 1. The number of nitrogens with zero attached hydrogens (tertiary/aromatic N) is 1. The lowest BCUT2D eigenvalue weighted by molar-refractivity contribution is 0.0247. The minimum absolute atomic E-state index is 0.187. The third-order valence-electron chi connectivity index (χ3n) is 3.78. The normalized spacial score (nSPS) is 23.5. The molecule has 1 amide bonds. The van der Waals surface area contributed by atoms with E-state index in [2.05, 4.69) is 4.98 Å². The summed E-state index contributed by atoms with van der Waals surface area (Å²) in [6, 6.07) is 1.79. The second-order valence-corrected chi connectivity index (χ2v) is 5.42. The summed E-state index contributed by atoms with van der Waals surface area (Å²) in [4.78, 5) is 28.5. The molecule has 0 aliphatic carbocycles. The van der Waals surface area contributed by atoms with Crippen LogP contribution < -0.4 is 5.56 Å². The monoisotopic (exact) mass is 264 g/mol. The molecule has 2 N–H and O–H groups in total. The molecule has 0 spiro atoms. The number of aliphatic hydroxyl groups excluding tert-OH is 1. The average Bonchev–Trinajstić information content (AvgIpc) is 2.31. The Kier molecular flexibility index (Phi) is 3.75. The number of aryl methyl sites for hydroxylation is 2. The predicted molar refractivity (Wildman–Crippen MR) is 72.2 cm³/mol. The number of hydrogen-bond donors (Lipinski definition) is 2. The van der Waals surface area contributed by atoms with Crippen molar-refractivity contribution < 1.29 is 9.90 Å². The highest BCUT2D eigenvalue weighted by Crippen LogP contribution is 2.19. The van der Waals surface area contributed by atoms with E-state index in [1.807, 2.05) is 6.92 Å². The highest BCUT2D eigenvalue weighted by Gasteiger charge is 2.29. The van der Waals surface area contributed by atoms with Crippen LogP contribution in [0.4, 0.5) is 0 Å². The van der Waals surface area contributed by atoms with Crippen LogP contribution >= 0.6 is 0 Å². The van der Waals surface area contributed by atoms with Crippen LogP contribution in [0.25, 0.3) is 0 Å². The topological polar surface area (TPSA) is 73.4 Å². The minimum atomic E-state index is -0.512. The number of piperidine rings is 1. The van der Waals surface area contributed by atoms with Crippen molar-refractivity contribution in [1.82, 2.24) is 9.88 Å². The molecule has 0 radical (unpaired) electrons. The molecule has 1 fully saturated rings. The Bertz CT molecular complexity index is 550. The summed E-state index contributed by atoms with van der Waals surface area (Å²) in [6.07, 6.45) is 0.248. The molecule has 2 atom stereocenters. The van der Waals surface area contributed by atoms with E-state index in [1.54, 1.807) is 24.8 Å². The standard InChI is InChI=1S/C14H20N2O3/c1-8-4-5-16(7-11(8)17)14(19)12-9(2)6-10(3)15-13(12)18/h6,8,11,17H,4-5,7H2,1-3H3,(H,15,18). The Hall–Kier alpha value is -1.62. The lowest BCUT2D eigenvalue weighted by Crippen LogP contribution is -2.47. The van der Waals surface area contributed by atoms with E-state index in [4.69, 9.17) is 0 Å². The molecule has 19 heavy (non-hydrogen) atoms. The molecule has 5 nitrogen and oxygen atoms in total. The molecule has 1 saturated heterocycles. The van der Waals surface area contributed by atoms with Gasteiger partial charge in [-0.05, 0) is 37.8 Å². The van der Waals surface area contributed by atoms with Gasteiger partial charge in [-0.15, -0.1) is 0 Å². The van der Waals surface area contributed by atoms with Crippen LogP contribution in [0.1, 0.15) is 35.0 Å². The second kappa shape index (κ2) is 5.17. The third kappa shape index (κ3) is 2.71. The fourth-order valence-corrected chi connectivity index (χ4v) is 2.51. The summed E-state index contributed by atoms with van der Waals surface area (Å²) in [5.74, 6) is -0.0915. The van der Waals surface area contributed by atoms with Gasteiger partial charge in [-0.3, -0.25) is 9.59 Å². The van der Waals surface area contributed by atoms with Crippen molar-refractivity contribution in [3.8, 4) is 0 Å². The van der Waals surface area contributed by atoms with Crippen LogP contribution in [0.15, 0.2) is 10.9 Å². The quantitative estimate of drug-likeness (QED) is 0.789. The van der Waals surface area contributed by atoms with E-state index < -0.39 is 6.10 Å². The fourth-order valence-electron chi connectivity index (χ4n) is 2.51. The number of carbonyl (C=O) groups is 1. The molecule has 0 saturated carbocycles. The van der Waals surface area contributed by atoms with Gasteiger partial charge < -0.3 is 15.0 Å². The smallest absolute Gasteiger partial charge is 0.261 e. The van der Waals surface area contributed by atoms with E-state index in [-0.39, 0.29) is 22.9 Å². The number of H-pyrrole nitrogens is 1. The second-order valence-electron chi connectivity index (χ2n) is 5.42. The maximum absolute atomic E-state index is 12.4. The number of likely N-dealkylation sites (tertiary alicyclic amines) is 1. The van der Waals surface area contributed by atoms with Gasteiger partial charge in [0, 0.05) is 18.8 Å². The summed E-state index contributed by atoms with van der Waals surface area (Å²) in [5.41, 5.74) is 1.26. The van der Waals surface area contributed by atoms with Crippen molar-refractivity contribution in [2.45, 2.75) is 33.3 Å². The molecule has 1 aliphatic rings. The zero-order valence-corrected chi connectivity index (χ0v) is 11.6. The van der Waals surface area contributed by atoms with Crippen molar-refractivity contribution in [2.75, 3.05) is 13.1 Å². The van der Waals surface area contributed by atoms with Crippen LogP contribution in [-0.2, 0) is 0 Å². The number of amides is 1.